The number of carbonyl (C=O) groups is 1. The number of unbranched alkanes of at least 4 members (excludes halogenated alkanes) is 1. The van der Waals surface area contributed by atoms with Gasteiger partial charge in [-0.15, -0.1) is 11.3 Å². The van der Waals surface area contributed by atoms with Crippen molar-refractivity contribution in [1.29, 1.82) is 0 Å². The van der Waals surface area contributed by atoms with E-state index in [1.54, 1.807) is 6.07 Å². The Bertz CT molecular complexity index is 307. The van der Waals surface area contributed by atoms with Crippen molar-refractivity contribution < 1.29 is 13.6 Å². The Morgan fingerprint density at radius 3 is 2.79 bits per heavy atom. The molecule has 1 heterocycles. The number of halogens is 2. The van der Waals surface area contributed by atoms with Gasteiger partial charge in [0.25, 0.3) is 0 Å². The van der Waals surface area contributed by atoms with Crippen molar-refractivity contribution in [1.82, 2.24) is 0 Å². The molecule has 0 fully saturated rings. The third-order valence-corrected chi connectivity index (χ3v) is 3.04. The molecule has 1 aromatic rings. The van der Waals surface area contributed by atoms with E-state index in [0.29, 0.717) is 0 Å². The van der Waals surface area contributed by atoms with Gasteiger partial charge in [-0.05, 0) is 25.0 Å². The van der Waals surface area contributed by atoms with Crippen molar-refractivity contribution >= 4 is 17.1 Å². The van der Waals surface area contributed by atoms with E-state index < -0.39 is 12.2 Å². The lowest BCUT2D eigenvalue weighted by molar-refractivity contribution is 0.0683. The van der Waals surface area contributed by atoms with Gasteiger partial charge in [0.15, 0.2) is 0 Å². The largest absolute Gasteiger partial charge is 0.301 e. The van der Waals surface area contributed by atoms with Crippen molar-refractivity contribution in [3.05, 3.63) is 21.9 Å². The highest BCUT2D eigenvalue weighted by molar-refractivity contribution is 7.14. The number of rotatable bonds is 5. The van der Waals surface area contributed by atoms with Gasteiger partial charge in [-0.2, -0.15) is 0 Å². The maximum Gasteiger partial charge on any atom is 0.301 e. The first kappa shape index (κ1) is 11.3. The average molecular weight is 218 g/mol. The summed E-state index contributed by atoms with van der Waals surface area (Å²) in [5.74, 6) is -1.06. The fraction of sp³-hybridized carbons (Fsp3) is 0.500. The summed E-state index contributed by atoms with van der Waals surface area (Å²) in [7, 11) is 0. The van der Waals surface area contributed by atoms with Gasteiger partial charge < -0.3 is 0 Å². The second-order valence-electron chi connectivity index (χ2n) is 3.03. The van der Waals surface area contributed by atoms with Crippen LogP contribution in [0.4, 0.5) is 8.78 Å². The molecule has 0 unspecified atom stereocenters. The Labute approximate surface area is 85.8 Å². The molecule has 0 atom stereocenters. The van der Waals surface area contributed by atoms with Gasteiger partial charge >= 0.3 is 6.43 Å². The molecule has 4 heteroatoms. The second-order valence-corrected chi connectivity index (χ2v) is 4.20. The first-order valence-electron chi connectivity index (χ1n) is 4.56. The van der Waals surface area contributed by atoms with Crippen LogP contribution in [0.1, 0.15) is 34.3 Å². The Morgan fingerprint density at radius 1 is 1.50 bits per heavy atom. The maximum absolute atomic E-state index is 12.0. The first-order chi connectivity index (χ1) is 6.65. The highest BCUT2D eigenvalue weighted by Crippen LogP contribution is 2.21. The topological polar surface area (TPSA) is 17.1 Å². The molecule has 0 N–H and O–H groups in total. The molecule has 0 amide bonds. The number of hydrogen-bond acceptors (Lipinski definition) is 2. The van der Waals surface area contributed by atoms with Gasteiger partial charge in [0.1, 0.15) is 0 Å². The molecular weight excluding hydrogens is 206 g/mol. The van der Waals surface area contributed by atoms with Crippen molar-refractivity contribution in [3.63, 3.8) is 0 Å². The molecule has 1 aromatic heterocycles. The molecule has 0 aromatic carbocycles. The number of carbonyl (C=O) groups excluding carboxylic acids is 1. The lowest BCUT2D eigenvalue weighted by atomic mass is 10.2. The minimum absolute atomic E-state index is 0.172. The van der Waals surface area contributed by atoms with E-state index >= 15 is 0 Å². The van der Waals surface area contributed by atoms with Crippen LogP contribution in [0.2, 0.25) is 0 Å². The van der Waals surface area contributed by atoms with E-state index in [0.717, 1.165) is 24.1 Å². The van der Waals surface area contributed by atoms with Crippen molar-refractivity contribution in [2.24, 2.45) is 0 Å². The molecule has 0 aliphatic carbocycles. The third-order valence-electron chi connectivity index (χ3n) is 1.88. The Kier molecular flexibility index (Phi) is 4.20. The second kappa shape index (κ2) is 5.20. The van der Waals surface area contributed by atoms with Gasteiger partial charge in [0.2, 0.25) is 5.78 Å². The number of ketones is 1. The molecule has 0 saturated heterocycles. The smallest absolute Gasteiger partial charge is 0.287 e. The van der Waals surface area contributed by atoms with Crippen LogP contribution in [0.25, 0.3) is 0 Å². The highest BCUT2D eigenvalue weighted by Gasteiger charge is 2.19. The van der Waals surface area contributed by atoms with E-state index in [4.69, 9.17) is 0 Å². The predicted octanol–water partition coefficient (Wildman–Crippen LogP) is 3.54. The van der Waals surface area contributed by atoms with Gasteiger partial charge in [0, 0.05) is 4.88 Å². The molecule has 78 valence electrons. The molecule has 0 spiro atoms. The maximum atomic E-state index is 12.0. The van der Waals surface area contributed by atoms with Crippen LogP contribution in [0.3, 0.4) is 0 Å². The zero-order valence-corrected chi connectivity index (χ0v) is 8.74. The quantitative estimate of drug-likeness (QED) is 0.691. The standard InChI is InChI=1S/C10H12F2OS/c1-2-3-4-7-5-6-8(14-7)9(13)10(11)12/h5-6,10H,2-4H2,1H3. The lowest BCUT2D eigenvalue weighted by Gasteiger charge is -1.94. The fourth-order valence-corrected chi connectivity index (χ4v) is 2.09. The summed E-state index contributed by atoms with van der Waals surface area (Å²) in [6.07, 6.45) is 0.0870. The lowest BCUT2D eigenvalue weighted by Crippen LogP contribution is -2.07. The van der Waals surface area contributed by atoms with E-state index in [2.05, 4.69) is 6.92 Å². The zero-order chi connectivity index (χ0) is 10.6. The van der Waals surface area contributed by atoms with Crippen molar-refractivity contribution in [2.45, 2.75) is 32.6 Å². The number of thiophene rings is 1. The van der Waals surface area contributed by atoms with Crippen LogP contribution in [-0.2, 0) is 6.42 Å². The summed E-state index contributed by atoms with van der Waals surface area (Å²) in [4.78, 5) is 12.1. The summed E-state index contributed by atoms with van der Waals surface area (Å²) in [5, 5.41) is 0. The molecule has 0 aliphatic heterocycles. The summed E-state index contributed by atoms with van der Waals surface area (Å²) >= 11 is 1.18. The van der Waals surface area contributed by atoms with Gasteiger partial charge in [0.05, 0.1) is 4.88 Å². The normalized spacial score (nSPS) is 10.9. The molecular formula is C10H12F2OS. The highest BCUT2D eigenvalue weighted by atomic mass is 32.1. The van der Waals surface area contributed by atoms with Gasteiger partial charge in [-0.3, -0.25) is 4.79 Å². The van der Waals surface area contributed by atoms with Crippen LogP contribution in [-0.4, -0.2) is 12.2 Å². The van der Waals surface area contributed by atoms with Crippen molar-refractivity contribution in [3.8, 4) is 0 Å². The number of hydrogen-bond donors (Lipinski definition) is 0. The molecule has 0 radical (unpaired) electrons. The molecule has 0 saturated carbocycles. The SMILES string of the molecule is CCCCc1ccc(C(=O)C(F)F)s1. The molecule has 14 heavy (non-hydrogen) atoms. The van der Waals surface area contributed by atoms with E-state index in [-0.39, 0.29) is 4.88 Å². The first-order valence-corrected chi connectivity index (χ1v) is 5.38. The monoisotopic (exact) mass is 218 g/mol. The van der Waals surface area contributed by atoms with Crippen LogP contribution in [0.15, 0.2) is 12.1 Å². The molecule has 0 bridgehead atoms. The minimum atomic E-state index is -2.88. The molecule has 1 rings (SSSR count). The third kappa shape index (κ3) is 2.87. The Hall–Kier alpha value is -0.770. The molecule has 0 aliphatic rings. The number of Topliss-reactive ketones (excluding diaryl/α,β-unsaturated/α-hetero) is 1. The molecule has 1 nitrogen and oxygen atoms in total. The number of alkyl halides is 2. The summed E-state index contributed by atoms with van der Waals surface area (Å²) < 4.78 is 24.1. The van der Waals surface area contributed by atoms with E-state index in [1.807, 2.05) is 0 Å². The van der Waals surface area contributed by atoms with Crippen LogP contribution < -0.4 is 0 Å². The van der Waals surface area contributed by atoms with Crippen LogP contribution in [0.5, 0.6) is 0 Å². The average Bonchev–Trinajstić information content (AvgIpc) is 2.61. The zero-order valence-electron chi connectivity index (χ0n) is 7.93. The minimum Gasteiger partial charge on any atom is -0.287 e. The summed E-state index contributed by atoms with van der Waals surface area (Å²) in [6.45, 7) is 2.07. The van der Waals surface area contributed by atoms with Crippen LogP contribution >= 0.6 is 11.3 Å². The predicted molar refractivity (Wildman–Crippen MR) is 53.3 cm³/mol. The van der Waals surface area contributed by atoms with E-state index in [9.17, 15) is 13.6 Å². The fourth-order valence-electron chi connectivity index (χ4n) is 1.10. The van der Waals surface area contributed by atoms with Gasteiger partial charge in [-0.1, -0.05) is 13.3 Å². The Morgan fingerprint density at radius 2 is 2.21 bits per heavy atom. The summed E-state index contributed by atoms with van der Waals surface area (Å²) in [6, 6.07) is 3.25. The van der Waals surface area contributed by atoms with E-state index in [1.165, 1.54) is 17.4 Å². The number of aryl methyl sites for hydroxylation is 1. The summed E-state index contributed by atoms with van der Waals surface area (Å²) in [5.41, 5.74) is 0. The van der Waals surface area contributed by atoms with Gasteiger partial charge in [-0.25, -0.2) is 8.78 Å². The Balaban J connectivity index is 2.63. The van der Waals surface area contributed by atoms with Crippen molar-refractivity contribution in [2.75, 3.05) is 0 Å². The van der Waals surface area contributed by atoms with Crippen LogP contribution in [0, 0.1) is 0 Å².